The van der Waals surface area contributed by atoms with Gasteiger partial charge in [0.15, 0.2) is 0 Å². The SMILES string of the molecule is CCCCc1nc(NC(=O)CCC(NC(C)=O)C(=O)OCC)nn1Cc1ccc(-c2ccccc2-c2nn[nH]n2)cc1. The predicted molar refractivity (Wildman–Crippen MR) is 155 cm³/mol. The van der Waals surface area contributed by atoms with Crippen molar-refractivity contribution in [1.82, 2.24) is 40.7 Å². The molecule has 0 saturated carbocycles. The van der Waals surface area contributed by atoms with E-state index in [1.807, 2.05) is 48.5 Å². The number of carbonyl (C=O) groups excluding carboxylic acids is 3. The molecule has 0 aliphatic rings. The molecule has 13 nitrogen and oxygen atoms in total. The summed E-state index contributed by atoms with van der Waals surface area (Å²) in [7, 11) is 0. The molecule has 4 aromatic rings. The van der Waals surface area contributed by atoms with E-state index >= 15 is 0 Å². The molecule has 42 heavy (non-hydrogen) atoms. The molecule has 2 heterocycles. The number of tetrazole rings is 1. The fourth-order valence-electron chi connectivity index (χ4n) is 4.44. The predicted octanol–water partition coefficient (Wildman–Crippen LogP) is 3.30. The van der Waals surface area contributed by atoms with Crippen LogP contribution in [0.5, 0.6) is 0 Å². The van der Waals surface area contributed by atoms with Crippen LogP contribution in [0.4, 0.5) is 5.95 Å². The summed E-state index contributed by atoms with van der Waals surface area (Å²) in [6, 6.07) is 15.1. The van der Waals surface area contributed by atoms with Crippen LogP contribution in [-0.2, 0) is 32.1 Å². The topological polar surface area (TPSA) is 170 Å². The first-order valence-corrected chi connectivity index (χ1v) is 14.0. The number of rotatable bonds is 14. The summed E-state index contributed by atoms with van der Waals surface area (Å²) in [4.78, 5) is 40.9. The molecular weight excluding hydrogens is 538 g/mol. The van der Waals surface area contributed by atoms with Gasteiger partial charge in [0, 0.05) is 25.3 Å². The number of nitrogens with one attached hydrogen (secondary N) is 3. The molecule has 2 aromatic carbocycles. The summed E-state index contributed by atoms with van der Waals surface area (Å²) in [5, 5.41) is 24.2. The van der Waals surface area contributed by atoms with Crippen molar-refractivity contribution in [1.29, 1.82) is 0 Å². The number of anilines is 1. The quantitative estimate of drug-likeness (QED) is 0.192. The fraction of sp³-hybridized carbons (Fsp3) is 0.379. The Morgan fingerprint density at radius 3 is 2.48 bits per heavy atom. The highest BCUT2D eigenvalue weighted by Crippen LogP contribution is 2.29. The number of aromatic amines is 1. The Morgan fingerprint density at radius 2 is 1.81 bits per heavy atom. The minimum absolute atomic E-state index is 0.0185. The number of esters is 1. The van der Waals surface area contributed by atoms with E-state index in [4.69, 9.17) is 4.74 Å². The maximum absolute atomic E-state index is 12.7. The van der Waals surface area contributed by atoms with Gasteiger partial charge in [0.1, 0.15) is 11.9 Å². The van der Waals surface area contributed by atoms with Crippen LogP contribution in [0.2, 0.25) is 0 Å². The molecule has 0 aliphatic carbocycles. The molecule has 1 atom stereocenters. The lowest BCUT2D eigenvalue weighted by atomic mass is 9.98. The number of nitrogens with zero attached hydrogens (tertiary/aromatic N) is 6. The van der Waals surface area contributed by atoms with Gasteiger partial charge in [-0.1, -0.05) is 61.9 Å². The van der Waals surface area contributed by atoms with Gasteiger partial charge in [-0.25, -0.2) is 9.48 Å². The van der Waals surface area contributed by atoms with Crippen LogP contribution in [0.25, 0.3) is 22.5 Å². The van der Waals surface area contributed by atoms with Crippen LogP contribution in [-0.4, -0.2) is 65.8 Å². The molecule has 0 radical (unpaired) electrons. The third kappa shape index (κ3) is 8.05. The largest absolute Gasteiger partial charge is 0.464 e. The van der Waals surface area contributed by atoms with Gasteiger partial charge in [0.05, 0.1) is 13.2 Å². The van der Waals surface area contributed by atoms with Crippen LogP contribution in [0.1, 0.15) is 57.8 Å². The summed E-state index contributed by atoms with van der Waals surface area (Å²) < 4.78 is 6.80. The maximum atomic E-state index is 12.7. The van der Waals surface area contributed by atoms with E-state index in [1.165, 1.54) is 6.92 Å². The van der Waals surface area contributed by atoms with Crippen molar-refractivity contribution < 1.29 is 19.1 Å². The normalized spacial score (nSPS) is 11.6. The average molecular weight is 574 g/mol. The lowest BCUT2D eigenvalue weighted by Crippen LogP contribution is -2.41. The number of amides is 2. The Hall–Kier alpha value is -4.94. The molecular formula is C29H35N9O4. The molecule has 1 unspecified atom stereocenters. The molecule has 2 amide bonds. The Kier molecular flexibility index (Phi) is 10.5. The lowest BCUT2D eigenvalue weighted by Gasteiger charge is -2.15. The second-order valence-corrected chi connectivity index (χ2v) is 9.68. The van der Waals surface area contributed by atoms with Gasteiger partial charge in [-0.2, -0.15) is 10.2 Å². The minimum Gasteiger partial charge on any atom is -0.464 e. The summed E-state index contributed by atoms with van der Waals surface area (Å²) in [5.41, 5.74) is 3.90. The minimum atomic E-state index is -0.902. The zero-order valence-electron chi connectivity index (χ0n) is 24.0. The summed E-state index contributed by atoms with van der Waals surface area (Å²) >= 11 is 0. The second-order valence-electron chi connectivity index (χ2n) is 9.68. The van der Waals surface area contributed by atoms with Gasteiger partial charge in [-0.3, -0.25) is 14.9 Å². The molecule has 0 fully saturated rings. The highest BCUT2D eigenvalue weighted by atomic mass is 16.5. The Bertz CT molecular complexity index is 1480. The van der Waals surface area contributed by atoms with Crippen LogP contribution in [0.3, 0.4) is 0 Å². The maximum Gasteiger partial charge on any atom is 0.328 e. The molecule has 3 N–H and O–H groups in total. The van der Waals surface area contributed by atoms with Crippen molar-refractivity contribution in [3.8, 4) is 22.5 Å². The van der Waals surface area contributed by atoms with E-state index in [1.54, 1.807) is 11.6 Å². The fourth-order valence-corrected chi connectivity index (χ4v) is 4.44. The number of hydrogen-bond acceptors (Lipinski definition) is 9. The first-order chi connectivity index (χ1) is 20.4. The summed E-state index contributed by atoms with van der Waals surface area (Å²) in [5.74, 6) is 0.176. The highest BCUT2D eigenvalue weighted by Gasteiger charge is 2.22. The van der Waals surface area contributed by atoms with Crippen LogP contribution in [0.15, 0.2) is 48.5 Å². The zero-order valence-corrected chi connectivity index (χ0v) is 24.0. The number of carbonyl (C=O) groups is 3. The first-order valence-electron chi connectivity index (χ1n) is 14.0. The standard InChI is InChI=1S/C29H35N9O4/c1-4-6-11-25-31-29(32-26(40)17-16-24(30-19(3)39)28(41)42-5-2)35-38(25)18-20-12-14-21(15-13-20)22-9-7-8-10-23(22)27-33-36-37-34-27/h7-10,12-15,24H,4-6,11,16-18H2,1-3H3,(H,30,39)(H,32,35,40)(H,33,34,36,37). The average Bonchev–Trinajstić information content (AvgIpc) is 3.65. The summed E-state index contributed by atoms with van der Waals surface area (Å²) in [6.07, 6.45) is 2.70. The van der Waals surface area contributed by atoms with Crippen LogP contribution in [0, 0.1) is 0 Å². The van der Waals surface area contributed by atoms with E-state index in [0.29, 0.717) is 18.8 Å². The van der Waals surface area contributed by atoms with Crippen molar-refractivity contribution in [2.75, 3.05) is 11.9 Å². The van der Waals surface area contributed by atoms with Crippen molar-refractivity contribution in [3.63, 3.8) is 0 Å². The molecule has 0 bridgehead atoms. The molecule has 220 valence electrons. The van der Waals surface area contributed by atoms with Crippen LogP contribution >= 0.6 is 0 Å². The lowest BCUT2D eigenvalue weighted by molar-refractivity contribution is -0.147. The number of aromatic nitrogens is 7. The summed E-state index contributed by atoms with van der Waals surface area (Å²) in [6.45, 7) is 5.74. The number of aryl methyl sites for hydroxylation is 1. The second kappa shape index (κ2) is 14.6. The Labute approximate surface area is 243 Å². The number of unbranched alkanes of at least 4 members (excludes halogenated alkanes) is 1. The number of ether oxygens (including phenoxy) is 1. The van der Waals surface area contributed by atoms with Crippen molar-refractivity contribution in [2.24, 2.45) is 0 Å². The number of benzene rings is 2. The molecule has 4 rings (SSSR count). The van der Waals surface area contributed by atoms with E-state index in [0.717, 1.165) is 40.9 Å². The van der Waals surface area contributed by atoms with Gasteiger partial charge >= 0.3 is 5.97 Å². The van der Waals surface area contributed by atoms with Gasteiger partial charge < -0.3 is 10.1 Å². The van der Waals surface area contributed by atoms with E-state index in [9.17, 15) is 14.4 Å². The highest BCUT2D eigenvalue weighted by molar-refractivity contribution is 5.90. The van der Waals surface area contributed by atoms with E-state index in [-0.39, 0.29) is 37.2 Å². The molecule has 0 saturated heterocycles. The first kappa shape index (κ1) is 30.0. The third-order valence-electron chi connectivity index (χ3n) is 6.47. The third-order valence-corrected chi connectivity index (χ3v) is 6.47. The van der Waals surface area contributed by atoms with Gasteiger partial charge in [-0.05, 0) is 41.7 Å². The van der Waals surface area contributed by atoms with Gasteiger partial charge in [0.25, 0.3) is 0 Å². The van der Waals surface area contributed by atoms with Crippen molar-refractivity contribution in [3.05, 3.63) is 59.9 Å². The van der Waals surface area contributed by atoms with Crippen molar-refractivity contribution in [2.45, 2.75) is 65.5 Å². The Morgan fingerprint density at radius 1 is 1.05 bits per heavy atom. The van der Waals surface area contributed by atoms with Crippen molar-refractivity contribution >= 4 is 23.7 Å². The van der Waals surface area contributed by atoms with Crippen LogP contribution < -0.4 is 10.6 Å². The number of hydrogen-bond donors (Lipinski definition) is 3. The zero-order chi connectivity index (χ0) is 29.9. The smallest absolute Gasteiger partial charge is 0.328 e. The molecule has 13 heteroatoms. The molecule has 0 spiro atoms. The Balaban J connectivity index is 1.45. The molecule has 0 aliphatic heterocycles. The van der Waals surface area contributed by atoms with Gasteiger partial charge in [0.2, 0.25) is 23.6 Å². The van der Waals surface area contributed by atoms with Gasteiger partial charge in [-0.15, -0.1) is 15.3 Å². The molecule has 2 aromatic heterocycles. The van der Waals surface area contributed by atoms with E-state index < -0.39 is 12.0 Å². The monoisotopic (exact) mass is 573 g/mol. The van der Waals surface area contributed by atoms with E-state index in [2.05, 4.69) is 48.3 Å². The number of H-pyrrole nitrogens is 1.